The summed E-state index contributed by atoms with van der Waals surface area (Å²) < 4.78 is 4.24. The molecule has 4 heterocycles. The van der Waals surface area contributed by atoms with Gasteiger partial charge >= 0.3 is 5.69 Å². The van der Waals surface area contributed by atoms with E-state index in [9.17, 15) is 9.59 Å². The van der Waals surface area contributed by atoms with Gasteiger partial charge in [0.2, 0.25) is 0 Å². The number of carbonyl (C=O) groups is 1. The smallest absolute Gasteiger partial charge is 0.346 e. The van der Waals surface area contributed by atoms with E-state index in [0.29, 0.717) is 31.5 Å². The number of benzene rings is 1. The molecule has 31 heavy (non-hydrogen) atoms. The van der Waals surface area contributed by atoms with Crippen LogP contribution in [0.15, 0.2) is 47.5 Å². The molecule has 4 aromatic rings. The molecule has 8 nitrogen and oxygen atoms in total. The zero-order valence-corrected chi connectivity index (χ0v) is 17.9. The SMILES string of the molecule is Cc1nc2ccc(C(=O)NC3CCc4nn(Cc5cccnc5)c(=O)n4CC3)cc2s1. The highest BCUT2D eigenvalue weighted by Gasteiger charge is 2.22. The zero-order valence-electron chi connectivity index (χ0n) is 17.1. The number of aryl methyl sites for hydroxylation is 2. The molecule has 1 atom stereocenters. The van der Waals surface area contributed by atoms with Gasteiger partial charge in [-0.15, -0.1) is 11.3 Å². The highest BCUT2D eigenvalue weighted by molar-refractivity contribution is 7.18. The molecule has 0 radical (unpaired) electrons. The second-order valence-electron chi connectivity index (χ2n) is 7.78. The van der Waals surface area contributed by atoms with Crippen LogP contribution in [0.3, 0.4) is 0 Å². The lowest BCUT2D eigenvalue weighted by molar-refractivity contribution is 0.0933. The molecule has 0 fully saturated rings. The molecule has 0 aliphatic carbocycles. The zero-order chi connectivity index (χ0) is 21.4. The van der Waals surface area contributed by atoms with E-state index in [-0.39, 0.29) is 17.6 Å². The van der Waals surface area contributed by atoms with E-state index in [1.807, 2.05) is 37.3 Å². The highest BCUT2D eigenvalue weighted by Crippen LogP contribution is 2.23. The first-order valence-corrected chi connectivity index (χ1v) is 11.1. The Balaban J connectivity index is 1.26. The van der Waals surface area contributed by atoms with Gasteiger partial charge in [-0.3, -0.25) is 14.3 Å². The summed E-state index contributed by atoms with van der Waals surface area (Å²) in [6.07, 6.45) is 5.54. The quantitative estimate of drug-likeness (QED) is 0.533. The number of rotatable bonds is 4. The Kier molecular flexibility index (Phi) is 5.11. The Morgan fingerprint density at radius 1 is 1.29 bits per heavy atom. The molecule has 1 aliphatic heterocycles. The van der Waals surface area contributed by atoms with Crippen molar-refractivity contribution in [3.63, 3.8) is 0 Å². The van der Waals surface area contributed by atoms with Crippen molar-refractivity contribution in [2.75, 3.05) is 0 Å². The predicted molar refractivity (Wildman–Crippen MR) is 118 cm³/mol. The van der Waals surface area contributed by atoms with Crippen molar-refractivity contribution in [3.05, 3.63) is 75.2 Å². The van der Waals surface area contributed by atoms with Crippen molar-refractivity contribution in [3.8, 4) is 0 Å². The summed E-state index contributed by atoms with van der Waals surface area (Å²) in [5.41, 5.74) is 2.38. The van der Waals surface area contributed by atoms with Crippen LogP contribution in [0.4, 0.5) is 0 Å². The van der Waals surface area contributed by atoms with Gasteiger partial charge in [-0.25, -0.2) is 14.5 Å². The lowest BCUT2D eigenvalue weighted by Crippen LogP contribution is -2.35. The van der Waals surface area contributed by atoms with Gasteiger partial charge in [0.25, 0.3) is 5.91 Å². The molecule has 1 unspecified atom stereocenters. The van der Waals surface area contributed by atoms with E-state index in [1.165, 1.54) is 4.68 Å². The molecule has 1 aliphatic rings. The maximum Gasteiger partial charge on any atom is 0.346 e. The Morgan fingerprint density at radius 3 is 3.03 bits per heavy atom. The number of pyridine rings is 1. The maximum atomic E-state index is 12.8. The lowest BCUT2D eigenvalue weighted by Gasteiger charge is -2.16. The van der Waals surface area contributed by atoms with Crippen molar-refractivity contribution >= 4 is 27.5 Å². The van der Waals surface area contributed by atoms with Crippen molar-refractivity contribution in [1.29, 1.82) is 0 Å². The Labute approximate surface area is 182 Å². The lowest BCUT2D eigenvalue weighted by atomic mass is 10.1. The maximum absolute atomic E-state index is 12.8. The average Bonchev–Trinajstić information content (AvgIpc) is 3.21. The number of carbonyl (C=O) groups excluding carboxylic acids is 1. The molecule has 5 rings (SSSR count). The van der Waals surface area contributed by atoms with E-state index in [2.05, 4.69) is 20.4 Å². The average molecular weight is 435 g/mol. The Hall–Kier alpha value is -3.33. The van der Waals surface area contributed by atoms with Crippen LogP contribution in [0, 0.1) is 6.92 Å². The monoisotopic (exact) mass is 434 g/mol. The molecule has 1 N–H and O–H groups in total. The fraction of sp³-hybridized carbons (Fsp3) is 0.318. The first-order chi connectivity index (χ1) is 15.1. The third kappa shape index (κ3) is 4.00. The number of thiazole rings is 1. The summed E-state index contributed by atoms with van der Waals surface area (Å²) in [5, 5.41) is 8.65. The summed E-state index contributed by atoms with van der Waals surface area (Å²) in [7, 11) is 0. The molecule has 0 bridgehead atoms. The van der Waals surface area contributed by atoms with Crippen molar-refractivity contribution in [2.24, 2.45) is 0 Å². The molecule has 0 saturated carbocycles. The van der Waals surface area contributed by atoms with Gasteiger partial charge in [0.15, 0.2) is 0 Å². The largest absolute Gasteiger partial charge is 0.349 e. The van der Waals surface area contributed by atoms with Gasteiger partial charge in [0, 0.05) is 37.0 Å². The second kappa shape index (κ2) is 8.07. The van der Waals surface area contributed by atoms with Gasteiger partial charge in [-0.05, 0) is 49.6 Å². The normalized spacial score (nSPS) is 16.1. The summed E-state index contributed by atoms with van der Waals surface area (Å²) >= 11 is 1.59. The van der Waals surface area contributed by atoms with Crippen LogP contribution in [-0.4, -0.2) is 36.3 Å². The van der Waals surface area contributed by atoms with Gasteiger partial charge < -0.3 is 5.32 Å². The Bertz CT molecular complexity index is 1310. The molecule has 158 valence electrons. The fourth-order valence-electron chi connectivity index (χ4n) is 3.99. The molecule has 3 aromatic heterocycles. The van der Waals surface area contributed by atoms with Gasteiger partial charge in [0.1, 0.15) is 5.82 Å². The molecule has 9 heteroatoms. The van der Waals surface area contributed by atoms with Crippen LogP contribution in [0.2, 0.25) is 0 Å². The predicted octanol–water partition coefficient (Wildman–Crippen LogP) is 2.54. The summed E-state index contributed by atoms with van der Waals surface area (Å²) in [5.74, 6) is 0.679. The topological polar surface area (TPSA) is 94.7 Å². The van der Waals surface area contributed by atoms with Crippen molar-refractivity contribution in [2.45, 2.75) is 45.3 Å². The van der Waals surface area contributed by atoms with Crippen molar-refractivity contribution < 1.29 is 4.79 Å². The summed E-state index contributed by atoms with van der Waals surface area (Å²) in [6, 6.07) is 9.38. The fourth-order valence-corrected chi connectivity index (χ4v) is 4.86. The minimum absolute atomic E-state index is 0.000679. The van der Waals surface area contributed by atoms with Crippen LogP contribution < -0.4 is 11.0 Å². The number of nitrogens with zero attached hydrogens (tertiary/aromatic N) is 5. The first kappa shape index (κ1) is 19.6. The van der Waals surface area contributed by atoms with E-state index >= 15 is 0 Å². The minimum atomic E-state index is -0.114. The standard InChI is InChI=1S/C22H22N6O2S/c1-14-24-18-6-4-16(11-19(18)31-14)21(29)25-17-5-7-20-26-28(22(30)27(20)10-8-17)13-15-3-2-9-23-12-15/h2-4,6,9,11-12,17H,5,7-8,10,13H2,1H3,(H,25,29). The molecule has 0 saturated heterocycles. The number of hydrogen-bond acceptors (Lipinski definition) is 6. The van der Waals surface area contributed by atoms with Gasteiger partial charge in [-0.2, -0.15) is 5.10 Å². The minimum Gasteiger partial charge on any atom is -0.349 e. The third-order valence-corrected chi connectivity index (χ3v) is 6.50. The molecular formula is C22H22N6O2S. The Morgan fingerprint density at radius 2 is 2.19 bits per heavy atom. The van der Waals surface area contributed by atoms with Crippen LogP contribution in [0.5, 0.6) is 0 Å². The van der Waals surface area contributed by atoms with Gasteiger partial charge in [-0.1, -0.05) is 6.07 Å². The number of fused-ring (bicyclic) bond motifs is 2. The van der Waals surface area contributed by atoms with E-state index < -0.39 is 0 Å². The third-order valence-electron chi connectivity index (χ3n) is 5.56. The van der Waals surface area contributed by atoms with E-state index in [4.69, 9.17) is 0 Å². The summed E-state index contributed by atoms with van der Waals surface area (Å²) in [6.45, 7) is 2.91. The number of hydrogen-bond donors (Lipinski definition) is 1. The number of nitrogens with one attached hydrogen (secondary N) is 1. The van der Waals surface area contributed by atoms with Crippen LogP contribution in [-0.2, 0) is 19.5 Å². The van der Waals surface area contributed by atoms with Crippen molar-refractivity contribution in [1.82, 2.24) is 29.6 Å². The van der Waals surface area contributed by atoms with Gasteiger partial charge in [0.05, 0.1) is 21.8 Å². The molecular weight excluding hydrogens is 412 g/mol. The van der Waals surface area contributed by atoms with E-state index in [0.717, 1.165) is 33.0 Å². The number of aromatic nitrogens is 5. The van der Waals surface area contributed by atoms with Crippen LogP contribution >= 0.6 is 11.3 Å². The van der Waals surface area contributed by atoms with Crippen LogP contribution in [0.1, 0.15) is 39.6 Å². The van der Waals surface area contributed by atoms with E-state index in [1.54, 1.807) is 28.3 Å². The first-order valence-electron chi connectivity index (χ1n) is 10.3. The summed E-state index contributed by atoms with van der Waals surface area (Å²) in [4.78, 5) is 34.1. The molecule has 1 amide bonds. The number of amides is 1. The van der Waals surface area contributed by atoms with Crippen LogP contribution in [0.25, 0.3) is 10.2 Å². The second-order valence-corrected chi connectivity index (χ2v) is 9.02. The molecule has 1 aromatic carbocycles. The highest BCUT2D eigenvalue weighted by atomic mass is 32.1. The molecule has 0 spiro atoms.